The zero-order chi connectivity index (χ0) is 14.3. The second kappa shape index (κ2) is 4.72. The Hall–Kier alpha value is -1.64. The van der Waals surface area contributed by atoms with Crippen LogP contribution in [0.15, 0.2) is 17.1 Å². The Labute approximate surface area is 120 Å². The Bertz CT molecular complexity index is 599. The summed E-state index contributed by atoms with van der Waals surface area (Å²) in [5, 5.41) is 0. The van der Waals surface area contributed by atoms with Crippen LogP contribution in [0.3, 0.4) is 0 Å². The maximum absolute atomic E-state index is 11.3. The number of aliphatic imine (C=N–C) groups is 1. The maximum Gasteiger partial charge on any atom is 0.223 e. The standard InChI is InChI=1S/C17H22N2O/c1-17(2)10-13-7-11-5-3-4-6-12(11)8-14(13)15(19-17)9-16(18)20/h7-8H,3-6,9-10H2,1-2H3,(H2,18,20). The van der Waals surface area contributed by atoms with Gasteiger partial charge in [0.25, 0.3) is 0 Å². The predicted molar refractivity (Wildman–Crippen MR) is 81.2 cm³/mol. The minimum Gasteiger partial charge on any atom is -0.369 e. The van der Waals surface area contributed by atoms with Crippen molar-refractivity contribution in [2.45, 2.75) is 57.9 Å². The summed E-state index contributed by atoms with van der Waals surface area (Å²) in [5.74, 6) is -0.301. The first-order chi connectivity index (χ1) is 9.44. The summed E-state index contributed by atoms with van der Waals surface area (Å²) >= 11 is 0. The molecule has 1 heterocycles. The highest BCUT2D eigenvalue weighted by Crippen LogP contribution is 2.32. The van der Waals surface area contributed by atoms with Crippen LogP contribution in [0.2, 0.25) is 0 Å². The van der Waals surface area contributed by atoms with Gasteiger partial charge in [-0.25, -0.2) is 0 Å². The Balaban J connectivity index is 2.09. The van der Waals surface area contributed by atoms with Gasteiger partial charge in [0.05, 0.1) is 17.7 Å². The highest BCUT2D eigenvalue weighted by Gasteiger charge is 2.28. The lowest BCUT2D eigenvalue weighted by atomic mass is 9.81. The van der Waals surface area contributed by atoms with E-state index in [1.807, 2.05) is 0 Å². The maximum atomic E-state index is 11.3. The van der Waals surface area contributed by atoms with E-state index in [9.17, 15) is 4.79 Å². The van der Waals surface area contributed by atoms with E-state index < -0.39 is 0 Å². The van der Waals surface area contributed by atoms with E-state index in [0.29, 0.717) is 0 Å². The molecule has 2 aliphatic rings. The fourth-order valence-electron chi connectivity index (χ4n) is 3.48. The van der Waals surface area contributed by atoms with Gasteiger partial charge in [0, 0.05) is 0 Å². The molecule has 0 atom stereocenters. The highest BCUT2D eigenvalue weighted by molar-refractivity contribution is 6.11. The molecule has 0 fully saturated rings. The Morgan fingerprint density at radius 1 is 1.20 bits per heavy atom. The first kappa shape index (κ1) is 13.3. The molecular weight excluding hydrogens is 248 g/mol. The van der Waals surface area contributed by atoms with Crippen molar-refractivity contribution in [3.05, 3.63) is 34.4 Å². The van der Waals surface area contributed by atoms with Crippen molar-refractivity contribution in [1.29, 1.82) is 0 Å². The predicted octanol–water partition coefficient (Wildman–Crippen LogP) is 2.56. The summed E-state index contributed by atoms with van der Waals surface area (Å²) in [5.41, 5.74) is 11.5. The molecule has 1 aliphatic carbocycles. The Morgan fingerprint density at radius 2 is 1.85 bits per heavy atom. The molecule has 1 aliphatic heterocycles. The third-order valence-corrected chi connectivity index (χ3v) is 4.28. The van der Waals surface area contributed by atoms with Crippen molar-refractivity contribution in [1.82, 2.24) is 0 Å². The van der Waals surface area contributed by atoms with Gasteiger partial charge in [0.2, 0.25) is 5.91 Å². The average Bonchev–Trinajstić information content (AvgIpc) is 2.35. The molecule has 3 rings (SSSR count). The van der Waals surface area contributed by atoms with E-state index in [1.54, 1.807) is 0 Å². The lowest BCUT2D eigenvalue weighted by Gasteiger charge is -2.30. The number of hydrogen-bond acceptors (Lipinski definition) is 2. The van der Waals surface area contributed by atoms with Gasteiger partial charge in [0.1, 0.15) is 0 Å². The van der Waals surface area contributed by atoms with Crippen molar-refractivity contribution in [3.63, 3.8) is 0 Å². The second-order valence-electron chi connectivity index (χ2n) is 6.68. The largest absolute Gasteiger partial charge is 0.369 e. The molecule has 0 unspecified atom stereocenters. The molecular formula is C17H22N2O. The average molecular weight is 270 g/mol. The normalized spacial score (nSPS) is 19.8. The van der Waals surface area contributed by atoms with Gasteiger partial charge in [0.15, 0.2) is 0 Å². The van der Waals surface area contributed by atoms with Gasteiger partial charge in [-0.3, -0.25) is 9.79 Å². The number of amides is 1. The van der Waals surface area contributed by atoms with Crippen LogP contribution in [0.4, 0.5) is 0 Å². The molecule has 0 aromatic heterocycles. The number of carbonyl (C=O) groups excluding carboxylic acids is 1. The van der Waals surface area contributed by atoms with E-state index in [0.717, 1.165) is 24.1 Å². The smallest absolute Gasteiger partial charge is 0.223 e. The van der Waals surface area contributed by atoms with Crippen molar-refractivity contribution in [2.24, 2.45) is 10.7 Å². The first-order valence-electron chi connectivity index (χ1n) is 7.47. The van der Waals surface area contributed by atoms with Crippen LogP contribution in [-0.4, -0.2) is 17.2 Å². The van der Waals surface area contributed by atoms with Gasteiger partial charge in [-0.1, -0.05) is 6.07 Å². The van der Waals surface area contributed by atoms with E-state index in [1.165, 1.54) is 36.0 Å². The molecule has 0 saturated carbocycles. The number of rotatable bonds is 2. The quantitative estimate of drug-likeness (QED) is 0.882. The summed E-state index contributed by atoms with van der Waals surface area (Å²) in [4.78, 5) is 16.1. The number of carbonyl (C=O) groups is 1. The third-order valence-electron chi connectivity index (χ3n) is 4.28. The highest BCUT2D eigenvalue weighted by atomic mass is 16.1. The van der Waals surface area contributed by atoms with Crippen molar-refractivity contribution < 1.29 is 4.79 Å². The fraction of sp³-hybridized carbons (Fsp3) is 0.529. The Morgan fingerprint density at radius 3 is 2.50 bits per heavy atom. The summed E-state index contributed by atoms with van der Waals surface area (Å²) in [6.45, 7) is 4.24. The summed E-state index contributed by atoms with van der Waals surface area (Å²) in [6, 6.07) is 4.61. The van der Waals surface area contributed by atoms with E-state index in [2.05, 4.69) is 26.0 Å². The molecule has 0 radical (unpaired) electrons. The zero-order valence-electron chi connectivity index (χ0n) is 12.3. The van der Waals surface area contributed by atoms with Crippen LogP contribution in [0.1, 0.15) is 55.4 Å². The minimum absolute atomic E-state index is 0.138. The third kappa shape index (κ3) is 2.49. The number of aryl methyl sites for hydroxylation is 2. The second-order valence-corrected chi connectivity index (χ2v) is 6.68. The lowest BCUT2D eigenvalue weighted by molar-refractivity contribution is -0.116. The molecule has 1 aromatic rings. The van der Waals surface area contributed by atoms with Gasteiger partial charge < -0.3 is 5.73 Å². The van der Waals surface area contributed by atoms with Crippen LogP contribution in [-0.2, 0) is 24.1 Å². The molecule has 1 amide bonds. The van der Waals surface area contributed by atoms with Gasteiger partial charge in [-0.05, 0) is 74.3 Å². The molecule has 2 N–H and O–H groups in total. The molecule has 0 bridgehead atoms. The fourth-order valence-corrected chi connectivity index (χ4v) is 3.48. The minimum atomic E-state index is -0.301. The van der Waals surface area contributed by atoms with Gasteiger partial charge in [-0.2, -0.15) is 0 Å². The van der Waals surface area contributed by atoms with Crippen LogP contribution < -0.4 is 5.73 Å². The van der Waals surface area contributed by atoms with Crippen LogP contribution >= 0.6 is 0 Å². The molecule has 3 nitrogen and oxygen atoms in total. The zero-order valence-corrected chi connectivity index (χ0v) is 12.3. The number of benzene rings is 1. The number of nitrogens with two attached hydrogens (primary N) is 1. The molecule has 0 spiro atoms. The number of primary amides is 1. The topological polar surface area (TPSA) is 55.5 Å². The van der Waals surface area contributed by atoms with Crippen molar-refractivity contribution >= 4 is 11.6 Å². The van der Waals surface area contributed by atoms with E-state index >= 15 is 0 Å². The summed E-state index contributed by atoms with van der Waals surface area (Å²) in [6.07, 6.45) is 6.07. The number of nitrogens with zero attached hydrogens (tertiary/aromatic N) is 1. The number of fused-ring (bicyclic) bond motifs is 2. The molecule has 0 saturated heterocycles. The monoisotopic (exact) mass is 270 g/mol. The SMILES string of the molecule is CC1(C)Cc2cc3c(cc2C(CC(N)=O)=N1)CCCC3. The first-order valence-corrected chi connectivity index (χ1v) is 7.47. The molecule has 3 heteroatoms. The Kier molecular flexibility index (Phi) is 3.15. The van der Waals surface area contributed by atoms with Crippen LogP contribution in [0.25, 0.3) is 0 Å². The molecule has 20 heavy (non-hydrogen) atoms. The van der Waals surface area contributed by atoms with Gasteiger partial charge >= 0.3 is 0 Å². The van der Waals surface area contributed by atoms with Crippen molar-refractivity contribution in [2.75, 3.05) is 0 Å². The molecule has 1 aromatic carbocycles. The van der Waals surface area contributed by atoms with Crippen LogP contribution in [0, 0.1) is 0 Å². The van der Waals surface area contributed by atoms with E-state index in [-0.39, 0.29) is 17.9 Å². The summed E-state index contributed by atoms with van der Waals surface area (Å²) < 4.78 is 0. The van der Waals surface area contributed by atoms with Gasteiger partial charge in [-0.15, -0.1) is 0 Å². The van der Waals surface area contributed by atoms with Crippen molar-refractivity contribution in [3.8, 4) is 0 Å². The van der Waals surface area contributed by atoms with Crippen LogP contribution in [0.5, 0.6) is 0 Å². The summed E-state index contributed by atoms with van der Waals surface area (Å²) in [7, 11) is 0. The molecule has 106 valence electrons. The lowest BCUT2D eigenvalue weighted by Crippen LogP contribution is -2.31. The number of hydrogen-bond donors (Lipinski definition) is 1. The van der Waals surface area contributed by atoms with E-state index in [4.69, 9.17) is 10.7 Å².